The molecule has 0 unspecified atom stereocenters. The van der Waals surface area contributed by atoms with Gasteiger partial charge in [0.15, 0.2) is 0 Å². The van der Waals surface area contributed by atoms with Gasteiger partial charge in [-0.25, -0.2) is 13.6 Å². The van der Waals surface area contributed by atoms with Gasteiger partial charge in [-0.15, -0.1) is 0 Å². The van der Waals surface area contributed by atoms with Crippen molar-refractivity contribution in [1.82, 2.24) is 5.32 Å². The molecule has 0 atom stereocenters. The van der Waals surface area contributed by atoms with Crippen molar-refractivity contribution in [2.45, 2.75) is 6.43 Å². The van der Waals surface area contributed by atoms with Gasteiger partial charge in [-0.1, -0.05) is 0 Å². The SMILES string of the molecule is COc1ccc(C(=O)NCC(F)F)cc1/C=C/C(=O)O. The minimum Gasteiger partial charge on any atom is -0.496 e. The van der Waals surface area contributed by atoms with E-state index in [1.165, 1.54) is 31.4 Å². The van der Waals surface area contributed by atoms with Crippen molar-refractivity contribution in [1.29, 1.82) is 0 Å². The van der Waals surface area contributed by atoms with Crippen molar-refractivity contribution in [2.75, 3.05) is 13.7 Å². The van der Waals surface area contributed by atoms with E-state index < -0.39 is 24.8 Å². The molecule has 0 saturated carbocycles. The summed E-state index contributed by atoms with van der Waals surface area (Å²) in [5.41, 5.74) is 0.496. The minimum atomic E-state index is -2.64. The van der Waals surface area contributed by atoms with E-state index in [9.17, 15) is 18.4 Å². The number of aliphatic carboxylic acids is 1. The van der Waals surface area contributed by atoms with Crippen LogP contribution < -0.4 is 10.1 Å². The van der Waals surface area contributed by atoms with Crippen LogP contribution in [-0.4, -0.2) is 37.1 Å². The summed E-state index contributed by atoms with van der Waals surface area (Å²) < 4.78 is 29.0. The third-order valence-electron chi connectivity index (χ3n) is 2.31. The number of alkyl halides is 2. The van der Waals surface area contributed by atoms with E-state index in [0.717, 1.165) is 6.08 Å². The zero-order chi connectivity index (χ0) is 15.1. The topological polar surface area (TPSA) is 75.6 Å². The zero-order valence-electron chi connectivity index (χ0n) is 10.6. The van der Waals surface area contributed by atoms with Gasteiger partial charge in [0, 0.05) is 17.2 Å². The molecule has 1 aromatic carbocycles. The van der Waals surface area contributed by atoms with Crippen LogP contribution in [0.1, 0.15) is 15.9 Å². The number of hydrogen-bond donors (Lipinski definition) is 2. The number of halogens is 2. The van der Waals surface area contributed by atoms with Crippen LogP contribution in [0, 0.1) is 0 Å². The Morgan fingerprint density at radius 3 is 2.70 bits per heavy atom. The Balaban J connectivity index is 2.97. The number of carboxylic acid groups (broad SMARTS) is 1. The smallest absolute Gasteiger partial charge is 0.328 e. The number of rotatable bonds is 6. The normalized spacial score (nSPS) is 10.8. The Morgan fingerprint density at radius 1 is 1.45 bits per heavy atom. The van der Waals surface area contributed by atoms with Crippen molar-refractivity contribution in [2.24, 2.45) is 0 Å². The molecule has 5 nitrogen and oxygen atoms in total. The lowest BCUT2D eigenvalue weighted by molar-refractivity contribution is -0.131. The second-order valence-corrected chi connectivity index (χ2v) is 3.73. The Labute approximate surface area is 113 Å². The van der Waals surface area contributed by atoms with Crippen LogP contribution >= 0.6 is 0 Å². The van der Waals surface area contributed by atoms with Crippen molar-refractivity contribution in [3.8, 4) is 5.75 Å². The average molecular weight is 285 g/mol. The third kappa shape index (κ3) is 4.68. The summed E-state index contributed by atoms with van der Waals surface area (Å²) in [5, 5.41) is 10.6. The first-order valence-corrected chi connectivity index (χ1v) is 5.59. The van der Waals surface area contributed by atoms with Crippen molar-refractivity contribution in [3.05, 3.63) is 35.4 Å². The third-order valence-corrected chi connectivity index (χ3v) is 2.31. The molecule has 1 amide bonds. The highest BCUT2D eigenvalue weighted by Gasteiger charge is 2.11. The van der Waals surface area contributed by atoms with Crippen LogP contribution in [-0.2, 0) is 4.79 Å². The largest absolute Gasteiger partial charge is 0.496 e. The zero-order valence-corrected chi connectivity index (χ0v) is 10.6. The van der Waals surface area contributed by atoms with Gasteiger partial charge in [-0.05, 0) is 24.3 Å². The second-order valence-electron chi connectivity index (χ2n) is 3.73. The number of amides is 1. The predicted molar refractivity (Wildman–Crippen MR) is 68.0 cm³/mol. The van der Waals surface area contributed by atoms with E-state index in [2.05, 4.69) is 5.32 Å². The van der Waals surface area contributed by atoms with E-state index in [-0.39, 0.29) is 5.56 Å². The first-order chi connectivity index (χ1) is 9.43. The molecule has 108 valence electrons. The Morgan fingerprint density at radius 2 is 2.15 bits per heavy atom. The number of hydrogen-bond acceptors (Lipinski definition) is 3. The summed E-state index contributed by atoms with van der Waals surface area (Å²) in [4.78, 5) is 22.1. The van der Waals surface area contributed by atoms with E-state index in [1.54, 1.807) is 0 Å². The van der Waals surface area contributed by atoms with Gasteiger partial charge in [0.1, 0.15) is 5.75 Å². The molecule has 1 rings (SSSR count). The summed E-state index contributed by atoms with van der Waals surface area (Å²) in [6.45, 7) is -0.745. The fourth-order valence-corrected chi connectivity index (χ4v) is 1.44. The van der Waals surface area contributed by atoms with Gasteiger partial charge in [-0.3, -0.25) is 4.79 Å². The average Bonchev–Trinajstić information content (AvgIpc) is 2.41. The van der Waals surface area contributed by atoms with Crippen LogP contribution in [0.2, 0.25) is 0 Å². The van der Waals surface area contributed by atoms with Gasteiger partial charge in [0.2, 0.25) is 0 Å². The van der Waals surface area contributed by atoms with Gasteiger partial charge in [0.25, 0.3) is 12.3 Å². The molecule has 1 aromatic rings. The fraction of sp³-hybridized carbons (Fsp3) is 0.231. The van der Waals surface area contributed by atoms with E-state index in [1.807, 2.05) is 0 Å². The number of ether oxygens (including phenoxy) is 1. The molecule has 0 aromatic heterocycles. The lowest BCUT2D eigenvalue weighted by Gasteiger charge is -2.08. The molecule has 0 radical (unpaired) electrons. The highest BCUT2D eigenvalue weighted by atomic mass is 19.3. The van der Waals surface area contributed by atoms with Gasteiger partial charge >= 0.3 is 5.97 Å². The molecule has 0 fully saturated rings. The number of carbonyl (C=O) groups excluding carboxylic acids is 1. The Kier molecular flexibility index (Phi) is 5.64. The standard InChI is InChI=1S/C13H13F2NO4/c1-20-10-4-2-9(13(19)16-7-11(14)15)6-8(10)3-5-12(17)18/h2-6,11H,7H2,1H3,(H,16,19)(H,17,18)/b5-3+. The van der Waals surface area contributed by atoms with Crippen molar-refractivity contribution < 1.29 is 28.2 Å². The molecule has 2 N–H and O–H groups in total. The molecule has 0 bridgehead atoms. The quantitative estimate of drug-likeness (QED) is 0.781. The minimum absolute atomic E-state index is 0.136. The first-order valence-electron chi connectivity index (χ1n) is 5.59. The van der Waals surface area contributed by atoms with E-state index in [0.29, 0.717) is 11.3 Å². The van der Waals surface area contributed by atoms with E-state index in [4.69, 9.17) is 9.84 Å². The summed E-state index contributed by atoms with van der Waals surface area (Å²) in [5.74, 6) is -1.45. The summed E-state index contributed by atoms with van der Waals surface area (Å²) in [6.07, 6.45) is -0.493. The molecule has 0 saturated heterocycles. The molecule has 0 aliphatic rings. The maximum atomic E-state index is 12.0. The number of methoxy groups -OCH3 is 1. The summed E-state index contributed by atoms with van der Waals surface area (Å²) in [6, 6.07) is 4.22. The Hall–Kier alpha value is -2.44. The van der Waals surface area contributed by atoms with Crippen LogP contribution in [0.4, 0.5) is 8.78 Å². The lowest BCUT2D eigenvalue weighted by Crippen LogP contribution is -2.28. The highest BCUT2D eigenvalue weighted by Crippen LogP contribution is 2.21. The van der Waals surface area contributed by atoms with Crippen molar-refractivity contribution >= 4 is 18.0 Å². The first kappa shape index (κ1) is 15.6. The van der Waals surface area contributed by atoms with Gasteiger partial charge < -0.3 is 15.2 Å². The molecular formula is C13H13F2NO4. The number of carbonyl (C=O) groups is 2. The number of nitrogens with one attached hydrogen (secondary N) is 1. The van der Waals surface area contributed by atoms with Gasteiger partial charge in [0.05, 0.1) is 13.7 Å². The van der Waals surface area contributed by atoms with Crippen molar-refractivity contribution in [3.63, 3.8) is 0 Å². The van der Waals surface area contributed by atoms with Crippen LogP contribution in [0.5, 0.6) is 5.75 Å². The van der Waals surface area contributed by atoms with Gasteiger partial charge in [-0.2, -0.15) is 0 Å². The fourth-order valence-electron chi connectivity index (χ4n) is 1.44. The maximum absolute atomic E-state index is 12.0. The second kappa shape index (κ2) is 7.22. The molecule has 0 aliphatic heterocycles. The molecule has 0 heterocycles. The molecular weight excluding hydrogens is 272 g/mol. The Bertz CT molecular complexity index is 529. The number of benzene rings is 1. The van der Waals surface area contributed by atoms with Crippen LogP contribution in [0.15, 0.2) is 24.3 Å². The predicted octanol–water partition coefficient (Wildman–Crippen LogP) is 1.79. The molecule has 0 spiro atoms. The highest BCUT2D eigenvalue weighted by molar-refractivity contribution is 5.95. The van der Waals surface area contributed by atoms with Crippen LogP contribution in [0.3, 0.4) is 0 Å². The van der Waals surface area contributed by atoms with E-state index >= 15 is 0 Å². The molecule has 20 heavy (non-hydrogen) atoms. The number of carboxylic acids is 1. The summed E-state index contributed by atoms with van der Waals surface area (Å²) >= 11 is 0. The summed E-state index contributed by atoms with van der Waals surface area (Å²) in [7, 11) is 1.39. The molecule has 7 heteroatoms. The monoisotopic (exact) mass is 285 g/mol. The maximum Gasteiger partial charge on any atom is 0.328 e. The van der Waals surface area contributed by atoms with Crippen LogP contribution in [0.25, 0.3) is 6.08 Å². The molecule has 0 aliphatic carbocycles. The lowest BCUT2D eigenvalue weighted by atomic mass is 10.1.